The van der Waals surface area contributed by atoms with Crippen LogP contribution in [0.2, 0.25) is 0 Å². The highest BCUT2D eigenvalue weighted by Gasteiger charge is 2.43. The number of hydrogen-bond donors (Lipinski definition) is 1. The third-order valence-electron chi connectivity index (χ3n) is 5.34. The van der Waals surface area contributed by atoms with Gasteiger partial charge in [-0.05, 0) is 59.1 Å². The molecule has 0 aliphatic carbocycles. The molecule has 1 saturated heterocycles. The molecule has 4 atom stereocenters. The summed E-state index contributed by atoms with van der Waals surface area (Å²) in [6.45, 7) is 10.0. The Morgan fingerprint density at radius 3 is 2.39 bits per heavy atom. The van der Waals surface area contributed by atoms with E-state index >= 15 is 0 Å². The van der Waals surface area contributed by atoms with E-state index in [1.165, 1.54) is 26.0 Å². The third kappa shape index (κ3) is 7.38. The van der Waals surface area contributed by atoms with Gasteiger partial charge in [-0.15, -0.1) is 0 Å². The summed E-state index contributed by atoms with van der Waals surface area (Å²) in [6.07, 6.45) is 1.10. The lowest BCUT2D eigenvalue weighted by molar-refractivity contribution is -0.151. The van der Waals surface area contributed by atoms with E-state index in [4.69, 9.17) is 15.0 Å². The molecule has 0 aromatic carbocycles. The first-order valence-corrected chi connectivity index (χ1v) is 10.6. The minimum absolute atomic E-state index is 0.0133. The Labute approximate surface area is 193 Å². The van der Waals surface area contributed by atoms with Gasteiger partial charge in [0, 0.05) is 18.5 Å². The number of likely N-dealkylation sites (N-methyl/N-ethyl adjacent to an activating group) is 1. The maximum absolute atomic E-state index is 13.4. The molecular formula is C21H34N6O6. The van der Waals surface area contributed by atoms with Gasteiger partial charge in [-0.2, -0.15) is 0 Å². The van der Waals surface area contributed by atoms with Crippen molar-refractivity contribution in [1.29, 1.82) is 0 Å². The molecule has 1 heterocycles. The van der Waals surface area contributed by atoms with Crippen LogP contribution in [-0.4, -0.2) is 84.1 Å². The first-order valence-electron chi connectivity index (χ1n) is 10.6. The van der Waals surface area contributed by atoms with E-state index in [1.807, 2.05) is 0 Å². The van der Waals surface area contributed by atoms with E-state index in [0.717, 1.165) is 4.90 Å². The Morgan fingerprint density at radius 2 is 1.91 bits per heavy atom. The van der Waals surface area contributed by atoms with Crippen molar-refractivity contribution in [1.82, 2.24) is 15.1 Å². The Kier molecular flexibility index (Phi) is 9.72. The van der Waals surface area contributed by atoms with Crippen LogP contribution in [0.3, 0.4) is 0 Å². The molecule has 184 valence electrons. The van der Waals surface area contributed by atoms with Crippen LogP contribution in [0.1, 0.15) is 48.0 Å². The summed E-state index contributed by atoms with van der Waals surface area (Å²) >= 11 is 0. The second kappa shape index (κ2) is 11.6. The predicted molar refractivity (Wildman–Crippen MR) is 120 cm³/mol. The molecule has 1 N–H and O–H groups in total. The largest absolute Gasteiger partial charge is 0.467 e. The quantitative estimate of drug-likeness (QED) is 0.199. The number of nitrogens with zero attached hydrogens (tertiary/aromatic N) is 5. The van der Waals surface area contributed by atoms with Gasteiger partial charge in [0.25, 0.3) is 0 Å². The van der Waals surface area contributed by atoms with Crippen molar-refractivity contribution in [3.8, 4) is 0 Å². The van der Waals surface area contributed by atoms with E-state index in [1.54, 1.807) is 40.7 Å². The number of rotatable bonds is 7. The third-order valence-corrected chi connectivity index (χ3v) is 5.34. The lowest BCUT2D eigenvalue weighted by atomic mass is 10.1. The van der Waals surface area contributed by atoms with Gasteiger partial charge in [0.05, 0.1) is 13.2 Å². The van der Waals surface area contributed by atoms with Crippen LogP contribution in [0, 0.1) is 0 Å². The normalized spacial score (nSPS) is 20.2. The van der Waals surface area contributed by atoms with E-state index in [-0.39, 0.29) is 13.0 Å². The highest BCUT2D eigenvalue weighted by Crippen LogP contribution is 2.24. The highest BCUT2D eigenvalue weighted by molar-refractivity contribution is 5.95. The predicted octanol–water partition coefficient (Wildman–Crippen LogP) is 2.15. The molecule has 3 amide bonds. The van der Waals surface area contributed by atoms with E-state index < -0.39 is 53.6 Å². The van der Waals surface area contributed by atoms with Gasteiger partial charge in [-0.1, -0.05) is 11.2 Å². The van der Waals surface area contributed by atoms with Gasteiger partial charge in [0.15, 0.2) is 0 Å². The number of nitrogens with one attached hydrogen (secondary N) is 1. The van der Waals surface area contributed by atoms with Crippen molar-refractivity contribution in [3.05, 3.63) is 22.1 Å². The van der Waals surface area contributed by atoms with Crippen LogP contribution < -0.4 is 5.32 Å². The number of hydrogen-bond acceptors (Lipinski definition) is 7. The number of azide groups is 1. The molecule has 1 aliphatic rings. The lowest BCUT2D eigenvalue weighted by Crippen LogP contribution is -2.56. The van der Waals surface area contributed by atoms with Gasteiger partial charge >= 0.3 is 12.1 Å². The number of methoxy groups -OCH3 is 1. The monoisotopic (exact) mass is 466 g/mol. The minimum Gasteiger partial charge on any atom is -0.467 e. The summed E-state index contributed by atoms with van der Waals surface area (Å²) in [6, 6.07) is -3.56. The maximum Gasteiger partial charge on any atom is 0.410 e. The van der Waals surface area contributed by atoms with Gasteiger partial charge in [0.1, 0.15) is 23.7 Å². The maximum atomic E-state index is 13.4. The second-order valence-electron chi connectivity index (χ2n) is 8.87. The number of allylic oxidation sites excluding steroid dienone is 1. The molecule has 0 spiro atoms. The van der Waals surface area contributed by atoms with Crippen LogP contribution in [-0.2, 0) is 23.9 Å². The van der Waals surface area contributed by atoms with Crippen LogP contribution in [0.25, 0.3) is 10.4 Å². The number of carbonyl (C=O) groups is 4. The second-order valence-corrected chi connectivity index (χ2v) is 8.87. The zero-order valence-electron chi connectivity index (χ0n) is 20.5. The topological polar surface area (TPSA) is 154 Å². The van der Waals surface area contributed by atoms with Crippen LogP contribution in [0.5, 0.6) is 0 Å². The van der Waals surface area contributed by atoms with Crippen molar-refractivity contribution < 1.29 is 28.7 Å². The van der Waals surface area contributed by atoms with Crippen LogP contribution >= 0.6 is 0 Å². The number of ether oxygens (including phenoxy) is 2. The fourth-order valence-electron chi connectivity index (χ4n) is 3.21. The number of esters is 1. The molecule has 1 rings (SSSR count). The highest BCUT2D eigenvalue weighted by atomic mass is 16.6. The summed E-state index contributed by atoms with van der Waals surface area (Å²) in [5.74, 6) is -1.76. The average molecular weight is 467 g/mol. The molecule has 1 aliphatic heterocycles. The van der Waals surface area contributed by atoms with Crippen molar-refractivity contribution in [2.75, 3.05) is 20.7 Å². The van der Waals surface area contributed by atoms with E-state index in [9.17, 15) is 19.2 Å². The van der Waals surface area contributed by atoms with Gasteiger partial charge in [-0.3, -0.25) is 14.5 Å². The number of carbonyl (C=O) groups excluding carboxylic acids is 4. The smallest absolute Gasteiger partial charge is 0.410 e. The molecule has 0 saturated carbocycles. The molecule has 0 bridgehead atoms. The lowest BCUT2D eigenvalue weighted by Gasteiger charge is -2.31. The van der Waals surface area contributed by atoms with Gasteiger partial charge in [0.2, 0.25) is 11.8 Å². The SMILES string of the molecule is C/C=C(\C)[C@H](NC(=O)[C@H](C)N(C)C(=O)OC(C)(C)C)C(=O)N1C[C@@H](N=[N+]=[N-])C[C@H]1C(=O)OC. The first-order chi connectivity index (χ1) is 15.3. The van der Waals surface area contributed by atoms with Crippen molar-refractivity contribution in [2.45, 2.75) is 77.7 Å². The van der Waals surface area contributed by atoms with Crippen LogP contribution in [0.15, 0.2) is 16.8 Å². The van der Waals surface area contributed by atoms with Crippen molar-refractivity contribution in [2.24, 2.45) is 5.11 Å². The molecule has 0 unspecified atom stereocenters. The molecular weight excluding hydrogens is 432 g/mol. The Morgan fingerprint density at radius 1 is 1.30 bits per heavy atom. The standard InChI is InChI=1S/C21H34N6O6/c1-9-12(2)16(23-17(28)13(3)26(7)20(31)33-21(4,5)6)18(29)27-11-14(24-25-22)10-15(27)19(30)32-8/h9,13-16H,10-11H2,1-8H3,(H,23,28)/b12-9+/t13-,14-,15-,16-/m0/s1. The fraction of sp³-hybridized carbons (Fsp3) is 0.714. The zero-order chi connectivity index (χ0) is 25.5. The van der Waals surface area contributed by atoms with E-state index in [0.29, 0.717) is 5.57 Å². The Hall–Kier alpha value is -3.27. The summed E-state index contributed by atoms with van der Waals surface area (Å²) in [5, 5.41) is 6.29. The van der Waals surface area contributed by atoms with Gasteiger partial charge in [-0.25, -0.2) is 9.59 Å². The molecule has 0 aromatic rings. The summed E-state index contributed by atoms with van der Waals surface area (Å²) in [5.41, 5.74) is 8.55. The zero-order valence-corrected chi connectivity index (χ0v) is 20.5. The average Bonchev–Trinajstić information content (AvgIpc) is 3.17. The Bertz CT molecular complexity index is 845. The number of amides is 3. The van der Waals surface area contributed by atoms with Gasteiger partial charge < -0.3 is 19.7 Å². The molecule has 12 nitrogen and oxygen atoms in total. The molecule has 0 radical (unpaired) electrons. The summed E-state index contributed by atoms with van der Waals surface area (Å²) in [4.78, 5) is 56.0. The molecule has 12 heteroatoms. The molecule has 0 aromatic heterocycles. The van der Waals surface area contributed by atoms with Crippen LogP contribution in [0.4, 0.5) is 4.79 Å². The molecule has 33 heavy (non-hydrogen) atoms. The van der Waals surface area contributed by atoms with Crippen molar-refractivity contribution in [3.63, 3.8) is 0 Å². The van der Waals surface area contributed by atoms with E-state index in [2.05, 4.69) is 15.3 Å². The Balaban J connectivity index is 3.11. The van der Waals surface area contributed by atoms with Crippen molar-refractivity contribution >= 4 is 23.9 Å². The summed E-state index contributed by atoms with van der Waals surface area (Å²) in [7, 11) is 2.63. The fourth-order valence-corrected chi connectivity index (χ4v) is 3.21. The minimum atomic E-state index is -1.09. The summed E-state index contributed by atoms with van der Waals surface area (Å²) < 4.78 is 10.1. The number of likely N-dealkylation sites (tertiary alicyclic amines) is 1. The first kappa shape index (κ1) is 27.8. The molecule has 1 fully saturated rings.